The summed E-state index contributed by atoms with van der Waals surface area (Å²) in [7, 11) is -0.243. The van der Waals surface area contributed by atoms with E-state index < -0.39 is 33.3 Å². The second kappa shape index (κ2) is 13.5. The molecule has 0 aliphatic carbocycles. The molecule has 2 amide bonds. The molecule has 2 atom stereocenters. The van der Waals surface area contributed by atoms with Gasteiger partial charge in [-0.2, -0.15) is 8.42 Å². The molecule has 3 N–H and O–H groups in total. The first-order chi connectivity index (χ1) is 14.2. The van der Waals surface area contributed by atoms with E-state index in [0.717, 1.165) is 0 Å². The summed E-state index contributed by atoms with van der Waals surface area (Å²) in [5.41, 5.74) is 0. The summed E-state index contributed by atoms with van der Waals surface area (Å²) in [4.78, 5) is 36.7. The van der Waals surface area contributed by atoms with Crippen LogP contribution in [0.15, 0.2) is 0 Å². The van der Waals surface area contributed by atoms with Crippen LogP contribution in [0.2, 0.25) is 0 Å². The highest BCUT2D eigenvalue weighted by atomic mass is 33.1. The van der Waals surface area contributed by atoms with Crippen LogP contribution in [-0.2, 0) is 24.5 Å². The van der Waals surface area contributed by atoms with E-state index in [1.807, 2.05) is 27.7 Å². The normalized spacial score (nSPS) is 14.2. The van der Waals surface area contributed by atoms with Crippen molar-refractivity contribution < 1.29 is 32.5 Å². The van der Waals surface area contributed by atoms with Crippen molar-refractivity contribution in [2.45, 2.75) is 88.8 Å². The van der Waals surface area contributed by atoms with Gasteiger partial charge in [-0.3, -0.25) is 14.1 Å². The Labute approximate surface area is 193 Å². The van der Waals surface area contributed by atoms with Crippen LogP contribution in [0.25, 0.3) is 0 Å². The van der Waals surface area contributed by atoms with Crippen molar-refractivity contribution in [1.82, 2.24) is 10.2 Å². The van der Waals surface area contributed by atoms with Crippen molar-refractivity contribution in [2.75, 3.05) is 12.8 Å². The van der Waals surface area contributed by atoms with Crippen molar-refractivity contribution in [3.63, 3.8) is 0 Å². The fourth-order valence-corrected chi connectivity index (χ4v) is 6.14. The lowest BCUT2D eigenvalue weighted by atomic mass is 10.1. The second-order valence-electron chi connectivity index (χ2n) is 8.00. The van der Waals surface area contributed by atoms with E-state index in [1.165, 1.54) is 40.5 Å². The van der Waals surface area contributed by atoms with Gasteiger partial charge < -0.3 is 15.3 Å². The predicted molar refractivity (Wildman–Crippen MR) is 126 cm³/mol. The lowest BCUT2D eigenvalue weighted by Gasteiger charge is -2.26. The molecule has 0 rings (SSSR count). The van der Waals surface area contributed by atoms with Crippen molar-refractivity contribution in [3.05, 3.63) is 0 Å². The molecule has 9 nitrogen and oxygen atoms in total. The number of amides is 2. The molecule has 0 radical (unpaired) electrons. The number of likely N-dealkylation sites (N-methyl/N-ethyl adjacent to an activating group) is 1. The number of carbonyl (C=O) groups excluding carboxylic acids is 2. The molecule has 0 saturated heterocycles. The quantitative estimate of drug-likeness (QED) is 0.176. The van der Waals surface area contributed by atoms with E-state index in [2.05, 4.69) is 5.32 Å². The van der Waals surface area contributed by atoms with Gasteiger partial charge >= 0.3 is 5.97 Å². The zero-order valence-electron chi connectivity index (χ0n) is 19.1. The number of nitrogens with zero attached hydrogens (tertiary/aromatic N) is 1. The molecule has 0 bridgehead atoms. The van der Waals surface area contributed by atoms with Gasteiger partial charge in [0.1, 0.15) is 6.04 Å². The smallest absolute Gasteiger partial charge is 0.326 e. The molecule has 182 valence electrons. The Bertz CT molecular complexity index is 709. The third kappa shape index (κ3) is 11.4. The SMILES string of the molecule is CCC(CC)NC(=O)C(CCSSC(C)(C)CCC(=O)N(C)C(C)C(=O)O)S(=O)(=O)O. The molecule has 12 heteroatoms. The van der Waals surface area contributed by atoms with E-state index >= 15 is 0 Å². The van der Waals surface area contributed by atoms with Crippen molar-refractivity contribution >= 4 is 49.5 Å². The molecule has 0 heterocycles. The minimum Gasteiger partial charge on any atom is -0.480 e. The largest absolute Gasteiger partial charge is 0.480 e. The van der Waals surface area contributed by atoms with Gasteiger partial charge in [-0.15, -0.1) is 0 Å². The van der Waals surface area contributed by atoms with E-state index in [-0.39, 0.29) is 29.5 Å². The van der Waals surface area contributed by atoms with Gasteiger partial charge in [-0.05, 0) is 46.5 Å². The van der Waals surface area contributed by atoms with Crippen molar-refractivity contribution in [2.24, 2.45) is 0 Å². The molecule has 0 aromatic carbocycles. The Balaban J connectivity index is 4.66. The van der Waals surface area contributed by atoms with E-state index in [4.69, 9.17) is 5.11 Å². The van der Waals surface area contributed by atoms with Gasteiger partial charge in [0, 0.05) is 30.0 Å². The molecular formula is C19H36N2O7S3. The summed E-state index contributed by atoms with van der Waals surface area (Å²) in [6.45, 7) is 9.07. The molecular weight excluding hydrogens is 464 g/mol. The van der Waals surface area contributed by atoms with Gasteiger partial charge in [-0.1, -0.05) is 35.4 Å². The molecule has 0 aliphatic heterocycles. The van der Waals surface area contributed by atoms with Crippen LogP contribution in [0.3, 0.4) is 0 Å². The molecule has 0 aromatic heterocycles. The molecule has 0 aromatic rings. The van der Waals surface area contributed by atoms with Crippen LogP contribution in [0.1, 0.15) is 66.7 Å². The van der Waals surface area contributed by atoms with Crippen LogP contribution >= 0.6 is 21.6 Å². The average Bonchev–Trinajstić information content (AvgIpc) is 2.67. The van der Waals surface area contributed by atoms with Crippen LogP contribution < -0.4 is 5.32 Å². The standard InChI is InChI=1S/C19H36N2O7S3/c1-7-14(8-2)20-17(23)15(31(26,27)28)10-12-29-30-19(4,5)11-9-16(22)21(6)13(3)18(24)25/h13-15H,7-12H2,1-6H3,(H,20,23)(H,24,25)(H,26,27,28). The number of carbonyl (C=O) groups is 3. The van der Waals surface area contributed by atoms with Crippen molar-refractivity contribution in [3.8, 4) is 0 Å². The number of carboxylic acid groups (broad SMARTS) is 1. The highest BCUT2D eigenvalue weighted by Gasteiger charge is 2.32. The second-order valence-corrected chi connectivity index (χ2v) is 12.7. The van der Waals surface area contributed by atoms with Gasteiger partial charge in [0.15, 0.2) is 5.25 Å². The minimum absolute atomic E-state index is 0.0314. The third-order valence-corrected chi connectivity index (χ3v) is 9.56. The summed E-state index contributed by atoms with van der Waals surface area (Å²) < 4.78 is 32.4. The number of carboxylic acids is 1. The van der Waals surface area contributed by atoms with Crippen molar-refractivity contribution in [1.29, 1.82) is 0 Å². The highest BCUT2D eigenvalue weighted by molar-refractivity contribution is 8.77. The van der Waals surface area contributed by atoms with E-state index in [9.17, 15) is 27.4 Å². The number of hydrogen-bond donors (Lipinski definition) is 3. The fraction of sp³-hybridized carbons (Fsp3) is 0.842. The van der Waals surface area contributed by atoms with Gasteiger partial charge in [0.2, 0.25) is 11.8 Å². The maximum absolute atomic E-state index is 12.3. The molecule has 0 saturated carbocycles. The predicted octanol–water partition coefficient (Wildman–Crippen LogP) is 2.81. The summed E-state index contributed by atoms with van der Waals surface area (Å²) in [5, 5.41) is 10.1. The summed E-state index contributed by atoms with van der Waals surface area (Å²) in [5.74, 6) is -1.71. The maximum atomic E-state index is 12.3. The van der Waals surface area contributed by atoms with E-state index in [1.54, 1.807) is 0 Å². The number of aliphatic carboxylic acids is 1. The monoisotopic (exact) mass is 500 g/mol. The van der Waals surface area contributed by atoms with Gasteiger partial charge in [0.25, 0.3) is 10.1 Å². The van der Waals surface area contributed by atoms with Gasteiger partial charge in [0.05, 0.1) is 0 Å². The zero-order chi connectivity index (χ0) is 24.4. The Morgan fingerprint density at radius 3 is 2.16 bits per heavy atom. The van der Waals surface area contributed by atoms with Gasteiger partial charge in [-0.25, -0.2) is 4.79 Å². The number of nitrogens with one attached hydrogen (secondary N) is 1. The first-order valence-electron chi connectivity index (χ1n) is 10.2. The Morgan fingerprint density at radius 2 is 1.71 bits per heavy atom. The lowest BCUT2D eigenvalue weighted by molar-refractivity contribution is -0.148. The van der Waals surface area contributed by atoms with Crippen LogP contribution in [0, 0.1) is 0 Å². The Hall–Kier alpha value is -0.980. The molecule has 0 fully saturated rings. The summed E-state index contributed by atoms with van der Waals surface area (Å²) >= 11 is 0. The average molecular weight is 501 g/mol. The third-order valence-electron chi connectivity index (χ3n) is 5.00. The minimum atomic E-state index is -4.52. The maximum Gasteiger partial charge on any atom is 0.326 e. The Kier molecular flexibility index (Phi) is 13.1. The zero-order valence-corrected chi connectivity index (χ0v) is 21.5. The number of hydrogen-bond acceptors (Lipinski definition) is 7. The molecule has 0 spiro atoms. The fourth-order valence-electron chi connectivity index (χ4n) is 2.57. The first kappa shape index (κ1) is 30.0. The molecule has 0 aliphatic rings. The summed E-state index contributed by atoms with van der Waals surface area (Å²) in [6, 6.07) is -1.04. The van der Waals surface area contributed by atoms with Crippen LogP contribution in [-0.4, -0.2) is 75.6 Å². The number of rotatable bonds is 15. The molecule has 2 unspecified atom stereocenters. The van der Waals surface area contributed by atoms with E-state index in [0.29, 0.717) is 25.0 Å². The molecule has 31 heavy (non-hydrogen) atoms. The topological polar surface area (TPSA) is 141 Å². The first-order valence-corrected chi connectivity index (χ1v) is 14.0. The van der Waals surface area contributed by atoms with Crippen LogP contribution in [0.5, 0.6) is 0 Å². The Morgan fingerprint density at radius 1 is 1.16 bits per heavy atom. The summed E-state index contributed by atoms with van der Waals surface area (Å²) in [6.07, 6.45) is 1.98. The van der Waals surface area contributed by atoms with Crippen LogP contribution in [0.4, 0.5) is 0 Å². The highest BCUT2D eigenvalue weighted by Crippen LogP contribution is 2.39. The lowest BCUT2D eigenvalue weighted by Crippen LogP contribution is -2.44.